The Morgan fingerprint density at radius 2 is 1.93 bits per heavy atom. The molecule has 1 aromatic rings. The first-order valence-corrected chi connectivity index (χ1v) is 10.3. The third kappa shape index (κ3) is 10.6. The van der Waals surface area contributed by atoms with E-state index in [4.69, 9.17) is 14.2 Å². The molecule has 1 aliphatic heterocycles. The molecule has 1 fully saturated rings. The predicted molar refractivity (Wildman–Crippen MR) is 124 cm³/mol. The van der Waals surface area contributed by atoms with E-state index in [-0.39, 0.29) is 30.1 Å². The second-order valence-electron chi connectivity index (χ2n) is 6.85. The van der Waals surface area contributed by atoms with Gasteiger partial charge in [-0.2, -0.15) is 0 Å². The van der Waals surface area contributed by atoms with Crippen molar-refractivity contribution in [3.8, 4) is 0 Å². The van der Waals surface area contributed by atoms with Crippen LogP contribution >= 0.6 is 24.0 Å². The van der Waals surface area contributed by atoms with E-state index in [1.54, 1.807) is 0 Å². The van der Waals surface area contributed by atoms with Gasteiger partial charge in [-0.1, -0.05) is 0 Å². The molecule has 2 N–H and O–H groups in total. The van der Waals surface area contributed by atoms with E-state index < -0.39 is 0 Å². The van der Waals surface area contributed by atoms with E-state index in [2.05, 4.69) is 25.8 Å². The molecule has 1 aliphatic rings. The van der Waals surface area contributed by atoms with Gasteiger partial charge >= 0.3 is 0 Å². The number of hydrogen-bond donors (Lipinski definition) is 2. The molecule has 0 spiro atoms. The van der Waals surface area contributed by atoms with Gasteiger partial charge in [0, 0.05) is 46.6 Å². The largest absolute Gasteiger partial charge is 0.382 e. The minimum atomic E-state index is 0. The first-order valence-electron chi connectivity index (χ1n) is 10.3. The van der Waals surface area contributed by atoms with E-state index in [1.165, 1.54) is 0 Å². The molecule has 0 saturated carbocycles. The Morgan fingerprint density at radius 3 is 2.52 bits per heavy atom. The zero-order valence-electron chi connectivity index (χ0n) is 18.0. The highest BCUT2D eigenvalue weighted by atomic mass is 127. The van der Waals surface area contributed by atoms with Gasteiger partial charge in [0.25, 0.3) is 0 Å². The molecule has 0 aliphatic carbocycles. The van der Waals surface area contributed by atoms with Crippen LogP contribution in [-0.2, 0) is 27.8 Å². The summed E-state index contributed by atoms with van der Waals surface area (Å²) in [5.41, 5.74) is 0. The van der Waals surface area contributed by atoms with Crippen molar-refractivity contribution in [2.45, 2.75) is 52.2 Å². The Labute approximate surface area is 191 Å². The van der Waals surface area contributed by atoms with Crippen molar-refractivity contribution in [3.05, 3.63) is 11.6 Å². The number of nitrogens with one attached hydrogen (secondary N) is 2. The van der Waals surface area contributed by atoms with Gasteiger partial charge in [-0.3, -0.25) is 0 Å². The van der Waals surface area contributed by atoms with E-state index in [0.717, 1.165) is 76.2 Å². The monoisotopic (exact) mass is 524 g/mol. The summed E-state index contributed by atoms with van der Waals surface area (Å²) in [7, 11) is 1.95. The van der Waals surface area contributed by atoms with Crippen LogP contribution in [0.25, 0.3) is 0 Å². The number of rotatable bonds is 13. The van der Waals surface area contributed by atoms with Crippen LogP contribution in [0.3, 0.4) is 0 Å². The van der Waals surface area contributed by atoms with Crippen molar-refractivity contribution in [1.29, 1.82) is 0 Å². The predicted octanol–water partition coefficient (Wildman–Crippen LogP) is 1.79. The lowest BCUT2D eigenvalue weighted by Gasteiger charge is -2.13. The Balaban J connectivity index is 0.00000420. The molecule has 0 radical (unpaired) electrons. The lowest BCUT2D eigenvalue weighted by atomic mass is 10.2. The summed E-state index contributed by atoms with van der Waals surface area (Å²) < 4.78 is 18.6. The van der Waals surface area contributed by atoms with Crippen LogP contribution in [-0.4, -0.2) is 73.0 Å². The lowest BCUT2D eigenvalue weighted by Crippen LogP contribution is -2.39. The fourth-order valence-corrected chi connectivity index (χ4v) is 2.81. The van der Waals surface area contributed by atoms with Crippen LogP contribution in [0.5, 0.6) is 0 Å². The molecular weight excluding hydrogens is 487 g/mol. The fraction of sp³-hybridized carbons (Fsp3) is 0.842. The Bertz CT molecular complexity index is 578. The summed E-state index contributed by atoms with van der Waals surface area (Å²) in [6.07, 6.45) is 4.39. The number of ether oxygens (including phenoxy) is 3. The second kappa shape index (κ2) is 15.8. The van der Waals surface area contributed by atoms with Gasteiger partial charge in [-0.25, -0.2) is 4.99 Å². The molecule has 0 bridgehead atoms. The highest BCUT2D eigenvalue weighted by Gasteiger charge is 2.14. The Hall–Kier alpha value is -0.980. The van der Waals surface area contributed by atoms with Crippen LogP contribution in [0, 0.1) is 6.92 Å². The maximum atomic E-state index is 5.71. The molecule has 168 valence electrons. The van der Waals surface area contributed by atoms with E-state index >= 15 is 0 Å². The van der Waals surface area contributed by atoms with Crippen molar-refractivity contribution in [2.24, 2.45) is 12.0 Å². The minimum Gasteiger partial charge on any atom is -0.382 e. The number of aryl methyl sites for hydroxylation is 1. The number of aliphatic imine (C=N–C) groups is 1. The summed E-state index contributed by atoms with van der Waals surface area (Å²) in [5, 5.41) is 15.0. The van der Waals surface area contributed by atoms with Crippen molar-refractivity contribution in [1.82, 2.24) is 25.4 Å². The number of hydrogen-bond acceptors (Lipinski definition) is 6. The van der Waals surface area contributed by atoms with E-state index in [1.807, 2.05) is 25.5 Å². The molecular formula is C19H37IN6O3. The third-order valence-electron chi connectivity index (χ3n) is 4.61. The zero-order chi connectivity index (χ0) is 20.0. The molecule has 29 heavy (non-hydrogen) atoms. The van der Waals surface area contributed by atoms with Gasteiger partial charge < -0.3 is 29.4 Å². The molecule has 2 rings (SSSR count). The van der Waals surface area contributed by atoms with Crippen LogP contribution < -0.4 is 10.6 Å². The maximum Gasteiger partial charge on any atom is 0.191 e. The number of halogens is 1. The summed E-state index contributed by atoms with van der Waals surface area (Å²) in [5.74, 6) is 2.50. The third-order valence-corrected chi connectivity index (χ3v) is 4.61. The van der Waals surface area contributed by atoms with Crippen molar-refractivity contribution < 1.29 is 14.2 Å². The molecule has 1 atom stereocenters. The van der Waals surface area contributed by atoms with E-state index in [0.29, 0.717) is 19.8 Å². The molecule has 1 saturated heterocycles. The van der Waals surface area contributed by atoms with Gasteiger partial charge in [-0.15, -0.1) is 34.2 Å². The SMILES string of the molecule is CCOCCCNC(=NCc1nnc(C)n1C)NCCCOCC1CCCO1.I. The average Bonchev–Trinajstić information content (AvgIpc) is 3.32. The van der Waals surface area contributed by atoms with Crippen LogP contribution in [0.2, 0.25) is 0 Å². The Morgan fingerprint density at radius 1 is 1.21 bits per heavy atom. The molecule has 2 heterocycles. The normalized spacial score (nSPS) is 16.7. The molecule has 10 heteroatoms. The van der Waals surface area contributed by atoms with E-state index in [9.17, 15) is 0 Å². The van der Waals surface area contributed by atoms with Gasteiger partial charge in [-0.05, 0) is 39.5 Å². The minimum absolute atomic E-state index is 0. The topological polar surface area (TPSA) is 94.8 Å². The fourth-order valence-electron chi connectivity index (χ4n) is 2.81. The van der Waals surface area contributed by atoms with Crippen molar-refractivity contribution in [2.75, 3.05) is 46.1 Å². The molecule has 1 aromatic heterocycles. The summed E-state index contributed by atoms with van der Waals surface area (Å²) >= 11 is 0. The van der Waals surface area contributed by atoms with Crippen molar-refractivity contribution in [3.63, 3.8) is 0 Å². The standard InChI is InChI=1S/C19H36N6O3.HI/c1-4-26-11-6-9-20-19(22-14-18-24-23-16(2)25(18)3)21-10-7-12-27-15-17-8-5-13-28-17;/h17H,4-15H2,1-3H3,(H2,20,21,22);1H. The van der Waals surface area contributed by atoms with Gasteiger partial charge in [0.05, 0.1) is 12.7 Å². The molecule has 0 aromatic carbocycles. The summed E-state index contributed by atoms with van der Waals surface area (Å²) in [6, 6.07) is 0. The maximum absolute atomic E-state index is 5.71. The number of nitrogens with zero attached hydrogens (tertiary/aromatic N) is 4. The van der Waals surface area contributed by atoms with Gasteiger partial charge in [0.15, 0.2) is 11.8 Å². The molecule has 0 amide bonds. The first kappa shape index (κ1) is 26.1. The second-order valence-corrected chi connectivity index (χ2v) is 6.85. The quantitative estimate of drug-likeness (QED) is 0.176. The summed E-state index contributed by atoms with van der Waals surface area (Å²) in [4.78, 5) is 4.64. The lowest BCUT2D eigenvalue weighted by molar-refractivity contribution is 0.0168. The summed E-state index contributed by atoms with van der Waals surface area (Å²) in [6.45, 7) is 9.79. The number of guanidine groups is 1. The van der Waals surface area contributed by atoms with Crippen LogP contribution in [0.4, 0.5) is 0 Å². The van der Waals surface area contributed by atoms with Gasteiger partial charge in [0.2, 0.25) is 0 Å². The van der Waals surface area contributed by atoms with Gasteiger partial charge in [0.1, 0.15) is 12.4 Å². The molecule has 9 nitrogen and oxygen atoms in total. The molecule has 1 unspecified atom stereocenters. The van der Waals surface area contributed by atoms with Crippen molar-refractivity contribution >= 4 is 29.9 Å². The highest BCUT2D eigenvalue weighted by molar-refractivity contribution is 14.0. The smallest absolute Gasteiger partial charge is 0.191 e. The zero-order valence-corrected chi connectivity index (χ0v) is 20.3. The van der Waals surface area contributed by atoms with Crippen LogP contribution in [0.1, 0.15) is 44.3 Å². The average molecular weight is 524 g/mol. The Kier molecular flexibility index (Phi) is 14.2. The van der Waals surface area contributed by atoms with Crippen LogP contribution in [0.15, 0.2) is 4.99 Å². The highest BCUT2D eigenvalue weighted by Crippen LogP contribution is 2.11. The first-order chi connectivity index (χ1) is 13.7. The number of aromatic nitrogens is 3.